The number of aryl methyl sites for hydroxylation is 1. The molecule has 0 aliphatic carbocycles. The van der Waals surface area contributed by atoms with E-state index in [0.717, 1.165) is 25.1 Å². The highest BCUT2D eigenvalue weighted by Crippen LogP contribution is 2.23. The highest BCUT2D eigenvalue weighted by atomic mass is 16.1. The number of hydrogen-bond donors (Lipinski definition) is 1. The van der Waals surface area contributed by atoms with E-state index in [9.17, 15) is 4.79 Å². The van der Waals surface area contributed by atoms with E-state index in [1.165, 1.54) is 6.20 Å². The topological polar surface area (TPSA) is 72.7 Å². The molecule has 1 aliphatic heterocycles. The predicted octanol–water partition coefficient (Wildman–Crippen LogP) is 1.82. The van der Waals surface area contributed by atoms with Crippen LogP contribution in [0.25, 0.3) is 0 Å². The molecule has 3 heterocycles. The standard InChI is InChI=1S/C13H15N5O/c1-9-4-2-6-11-15-13(17-18(9)11)16-12(19)10-5-3-7-14-8-10/h3,5,7-9H,2,4,6H2,1H3,(H,16,17,19). The van der Waals surface area contributed by atoms with Crippen LogP contribution in [0.1, 0.15) is 42.0 Å². The third-order valence-electron chi connectivity index (χ3n) is 3.29. The molecule has 2 aromatic rings. The molecule has 98 valence electrons. The Labute approximate surface area is 110 Å². The van der Waals surface area contributed by atoms with Crippen LogP contribution in [0, 0.1) is 0 Å². The fraction of sp³-hybridized carbons (Fsp3) is 0.385. The molecule has 6 heteroatoms. The summed E-state index contributed by atoms with van der Waals surface area (Å²) >= 11 is 0. The molecular weight excluding hydrogens is 242 g/mol. The van der Waals surface area contributed by atoms with Crippen LogP contribution in [0.5, 0.6) is 0 Å². The largest absolute Gasteiger partial charge is 0.289 e. The summed E-state index contributed by atoms with van der Waals surface area (Å²) in [4.78, 5) is 20.3. The zero-order valence-corrected chi connectivity index (χ0v) is 10.7. The smallest absolute Gasteiger partial charge is 0.259 e. The minimum atomic E-state index is -0.233. The minimum absolute atomic E-state index is 0.233. The second-order valence-corrected chi connectivity index (χ2v) is 4.73. The molecule has 3 rings (SSSR count). The Morgan fingerprint density at radius 2 is 2.42 bits per heavy atom. The molecule has 2 aromatic heterocycles. The lowest BCUT2D eigenvalue weighted by Gasteiger charge is -2.18. The number of carbonyl (C=O) groups is 1. The van der Waals surface area contributed by atoms with E-state index in [1.54, 1.807) is 18.3 Å². The second-order valence-electron chi connectivity index (χ2n) is 4.73. The van der Waals surface area contributed by atoms with Crippen LogP contribution in [0.4, 0.5) is 5.95 Å². The number of amides is 1. The van der Waals surface area contributed by atoms with Gasteiger partial charge in [0, 0.05) is 18.8 Å². The van der Waals surface area contributed by atoms with Crippen molar-refractivity contribution >= 4 is 11.9 Å². The van der Waals surface area contributed by atoms with E-state index < -0.39 is 0 Å². The lowest BCUT2D eigenvalue weighted by Crippen LogP contribution is -2.16. The summed E-state index contributed by atoms with van der Waals surface area (Å²) in [6.45, 7) is 2.12. The highest BCUT2D eigenvalue weighted by Gasteiger charge is 2.20. The Morgan fingerprint density at radius 1 is 1.53 bits per heavy atom. The summed E-state index contributed by atoms with van der Waals surface area (Å²) < 4.78 is 1.91. The Balaban J connectivity index is 1.79. The number of rotatable bonds is 2. The van der Waals surface area contributed by atoms with Crippen molar-refractivity contribution in [3.05, 3.63) is 35.9 Å². The molecule has 1 atom stereocenters. The van der Waals surface area contributed by atoms with Gasteiger partial charge in [-0.1, -0.05) is 0 Å². The maximum atomic E-state index is 12.0. The van der Waals surface area contributed by atoms with E-state index >= 15 is 0 Å². The summed E-state index contributed by atoms with van der Waals surface area (Å²) in [5.74, 6) is 1.08. The average molecular weight is 257 g/mol. The number of carbonyl (C=O) groups excluding carboxylic acids is 1. The van der Waals surface area contributed by atoms with Crippen LogP contribution in [0.2, 0.25) is 0 Å². The number of anilines is 1. The minimum Gasteiger partial charge on any atom is -0.289 e. The van der Waals surface area contributed by atoms with Gasteiger partial charge < -0.3 is 0 Å². The number of nitrogens with zero attached hydrogens (tertiary/aromatic N) is 4. The molecule has 1 N–H and O–H groups in total. The molecule has 6 nitrogen and oxygen atoms in total. The van der Waals surface area contributed by atoms with Crippen molar-refractivity contribution in [3.63, 3.8) is 0 Å². The van der Waals surface area contributed by atoms with Crippen molar-refractivity contribution < 1.29 is 4.79 Å². The summed E-state index contributed by atoms with van der Waals surface area (Å²) in [6, 6.07) is 3.78. The van der Waals surface area contributed by atoms with Gasteiger partial charge in [0.25, 0.3) is 5.91 Å². The third-order valence-corrected chi connectivity index (χ3v) is 3.29. The second kappa shape index (κ2) is 4.79. The van der Waals surface area contributed by atoms with Crippen molar-refractivity contribution in [2.45, 2.75) is 32.2 Å². The van der Waals surface area contributed by atoms with Crippen LogP contribution >= 0.6 is 0 Å². The highest BCUT2D eigenvalue weighted by molar-refractivity contribution is 6.03. The third kappa shape index (κ3) is 2.33. The van der Waals surface area contributed by atoms with E-state index in [1.807, 2.05) is 4.68 Å². The Bertz CT molecular complexity index is 592. The molecule has 19 heavy (non-hydrogen) atoms. The van der Waals surface area contributed by atoms with E-state index in [-0.39, 0.29) is 5.91 Å². The molecule has 0 saturated carbocycles. The van der Waals surface area contributed by atoms with Crippen molar-refractivity contribution in [3.8, 4) is 0 Å². The first kappa shape index (κ1) is 11.8. The Hall–Kier alpha value is -2.24. The summed E-state index contributed by atoms with van der Waals surface area (Å²) in [5, 5.41) is 7.06. The van der Waals surface area contributed by atoms with E-state index in [4.69, 9.17) is 0 Å². The maximum Gasteiger partial charge on any atom is 0.259 e. The van der Waals surface area contributed by atoms with Gasteiger partial charge in [-0.25, -0.2) is 4.68 Å². The van der Waals surface area contributed by atoms with Crippen LogP contribution < -0.4 is 5.32 Å². The van der Waals surface area contributed by atoms with Gasteiger partial charge >= 0.3 is 0 Å². The van der Waals surface area contributed by atoms with Gasteiger partial charge in [-0.05, 0) is 31.9 Å². The van der Waals surface area contributed by atoms with Crippen molar-refractivity contribution in [1.82, 2.24) is 19.7 Å². The lowest BCUT2D eigenvalue weighted by molar-refractivity contribution is 0.102. The zero-order valence-electron chi connectivity index (χ0n) is 10.7. The van der Waals surface area contributed by atoms with Gasteiger partial charge in [-0.3, -0.25) is 15.1 Å². The van der Waals surface area contributed by atoms with Gasteiger partial charge in [0.15, 0.2) is 0 Å². The SMILES string of the molecule is CC1CCCc2nc(NC(=O)c3cccnc3)nn21. The molecule has 0 fully saturated rings. The molecule has 0 bridgehead atoms. The maximum absolute atomic E-state index is 12.0. The predicted molar refractivity (Wildman–Crippen MR) is 69.9 cm³/mol. The quantitative estimate of drug-likeness (QED) is 0.890. The first-order valence-electron chi connectivity index (χ1n) is 6.41. The summed E-state index contributed by atoms with van der Waals surface area (Å²) in [7, 11) is 0. The van der Waals surface area contributed by atoms with Crippen molar-refractivity contribution in [1.29, 1.82) is 0 Å². The molecule has 0 radical (unpaired) electrons. The molecule has 1 aliphatic rings. The first-order chi connectivity index (χ1) is 9.24. The van der Waals surface area contributed by atoms with Gasteiger partial charge in [0.2, 0.25) is 5.95 Å². The van der Waals surface area contributed by atoms with Gasteiger partial charge in [0.05, 0.1) is 11.6 Å². The normalized spacial score (nSPS) is 17.8. The number of fused-ring (bicyclic) bond motifs is 1. The number of nitrogens with one attached hydrogen (secondary N) is 1. The molecular formula is C13H15N5O. The molecule has 0 aromatic carbocycles. The van der Waals surface area contributed by atoms with E-state index in [0.29, 0.717) is 17.6 Å². The fourth-order valence-corrected chi connectivity index (χ4v) is 2.28. The monoisotopic (exact) mass is 257 g/mol. The number of hydrogen-bond acceptors (Lipinski definition) is 4. The van der Waals surface area contributed by atoms with Gasteiger partial charge in [-0.2, -0.15) is 4.98 Å². The lowest BCUT2D eigenvalue weighted by atomic mass is 10.1. The van der Waals surface area contributed by atoms with Crippen LogP contribution in [0.3, 0.4) is 0 Å². The molecule has 1 amide bonds. The molecule has 0 saturated heterocycles. The molecule has 0 spiro atoms. The Kier molecular flexibility index (Phi) is 2.98. The van der Waals surface area contributed by atoms with Gasteiger partial charge in [0.1, 0.15) is 5.82 Å². The van der Waals surface area contributed by atoms with Crippen LogP contribution in [-0.2, 0) is 6.42 Å². The average Bonchev–Trinajstić information content (AvgIpc) is 2.84. The summed E-state index contributed by atoms with van der Waals surface area (Å²) in [5.41, 5.74) is 0.503. The van der Waals surface area contributed by atoms with Crippen LogP contribution in [-0.4, -0.2) is 25.7 Å². The van der Waals surface area contributed by atoms with Crippen LogP contribution in [0.15, 0.2) is 24.5 Å². The van der Waals surface area contributed by atoms with Crippen molar-refractivity contribution in [2.75, 3.05) is 5.32 Å². The summed E-state index contributed by atoms with van der Waals surface area (Å²) in [6.07, 6.45) is 6.29. The molecule has 1 unspecified atom stereocenters. The first-order valence-corrected chi connectivity index (χ1v) is 6.41. The van der Waals surface area contributed by atoms with Gasteiger partial charge in [-0.15, -0.1) is 5.10 Å². The van der Waals surface area contributed by atoms with E-state index in [2.05, 4.69) is 27.3 Å². The Morgan fingerprint density at radius 3 is 3.16 bits per heavy atom. The number of pyridine rings is 1. The number of aromatic nitrogens is 4. The van der Waals surface area contributed by atoms with Crippen molar-refractivity contribution in [2.24, 2.45) is 0 Å². The zero-order chi connectivity index (χ0) is 13.2. The fourth-order valence-electron chi connectivity index (χ4n) is 2.28.